The summed E-state index contributed by atoms with van der Waals surface area (Å²) in [4.78, 5) is 11.7. The van der Waals surface area contributed by atoms with Gasteiger partial charge in [-0.15, -0.1) is 0 Å². The van der Waals surface area contributed by atoms with E-state index in [1.165, 1.54) is 12.5 Å². The lowest BCUT2D eigenvalue weighted by Crippen LogP contribution is -2.27. The number of hydrogen-bond donors (Lipinski definition) is 0. The molecule has 2 fully saturated rings. The minimum Gasteiger partial charge on any atom is -0.458 e. The zero-order valence-electron chi connectivity index (χ0n) is 16.8. The molecule has 2 aliphatic heterocycles. The largest absolute Gasteiger partial charge is 0.458 e. The summed E-state index contributed by atoms with van der Waals surface area (Å²) >= 11 is 0. The quantitative estimate of drug-likeness (QED) is 0.531. The van der Waals surface area contributed by atoms with E-state index in [4.69, 9.17) is 14.2 Å². The second-order valence-electron chi connectivity index (χ2n) is 8.63. The van der Waals surface area contributed by atoms with Crippen molar-refractivity contribution in [3.05, 3.63) is 35.5 Å². The molecule has 3 aliphatic rings. The molecule has 4 nitrogen and oxygen atoms in total. The van der Waals surface area contributed by atoms with E-state index in [9.17, 15) is 4.79 Å². The highest BCUT2D eigenvalue weighted by atomic mass is 16.6. The van der Waals surface area contributed by atoms with Crippen molar-refractivity contribution in [3.8, 4) is 0 Å². The van der Waals surface area contributed by atoms with Gasteiger partial charge in [-0.05, 0) is 59.0 Å². The molecule has 0 aromatic heterocycles. The molecule has 0 aromatic carbocycles. The maximum atomic E-state index is 11.7. The van der Waals surface area contributed by atoms with E-state index in [1.807, 2.05) is 6.92 Å². The summed E-state index contributed by atoms with van der Waals surface area (Å²) in [5, 5.41) is 0. The van der Waals surface area contributed by atoms with Crippen molar-refractivity contribution in [2.45, 2.75) is 96.2 Å². The van der Waals surface area contributed by atoms with Crippen LogP contribution in [0.2, 0.25) is 0 Å². The van der Waals surface area contributed by atoms with Gasteiger partial charge in [0.05, 0.1) is 23.4 Å². The summed E-state index contributed by atoms with van der Waals surface area (Å²) in [6.07, 6.45) is 9.13. The van der Waals surface area contributed by atoms with Crippen LogP contribution in [0.3, 0.4) is 0 Å². The molecule has 2 heterocycles. The first-order chi connectivity index (χ1) is 12.1. The zero-order chi connectivity index (χ0) is 19.1. The van der Waals surface area contributed by atoms with Crippen molar-refractivity contribution in [2.24, 2.45) is 0 Å². The Balaban J connectivity index is 1.87. The molecule has 26 heavy (non-hydrogen) atoms. The normalized spacial score (nSPS) is 44.1. The Morgan fingerprint density at radius 2 is 1.81 bits per heavy atom. The minimum atomic E-state index is -0.326. The zero-order valence-corrected chi connectivity index (χ0v) is 16.8. The third-order valence-corrected chi connectivity index (χ3v) is 6.06. The molecule has 0 bridgehead atoms. The van der Waals surface area contributed by atoms with Gasteiger partial charge in [-0.25, -0.2) is 0 Å². The van der Waals surface area contributed by atoms with Crippen molar-refractivity contribution >= 4 is 5.97 Å². The van der Waals surface area contributed by atoms with Gasteiger partial charge in [0.15, 0.2) is 0 Å². The standard InChI is InChI=1S/C22H32O4/c1-14(2)17-9-7-15(3)8-10-19-21(5,25-19)12-11-20-22(6,26-20)13-18(17)24-16(4)23/h7,9,18-20H,1,8,10-13H2,2-6H3/b15-7+,17-9-/t18?,19-,20+,21-,22+/m0/s1. The molecule has 0 N–H and O–H groups in total. The van der Waals surface area contributed by atoms with E-state index in [0.29, 0.717) is 12.5 Å². The molecule has 2 saturated heterocycles. The van der Waals surface area contributed by atoms with Gasteiger partial charge in [-0.3, -0.25) is 4.79 Å². The highest BCUT2D eigenvalue weighted by Gasteiger charge is 2.57. The number of fused-ring (bicyclic) bond motifs is 2. The lowest BCUT2D eigenvalue weighted by molar-refractivity contribution is -0.145. The van der Waals surface area contributed by atoms with E-state index in [1.54, 1.807) is 0 Å². The van der Waals surface area contributed by atoms with Crippen LogP contribution in [0.1, 0.15) is 66.7 Å². The molecule has 144 valence electrons. The Bertz CT molecular complexity index is 661. The summed E-state index contributed by atoms with van der Waals surface area (Å²) < 4.78 is 17.7. The van der Waals surface area contributed by atoms with E-state index >= 15 is 0 Å². The van der Waals surface area contributed by atoms with Gasteiger partial charge in [0.2, 0.25) is 0 Å². The number of allylic oxidation sites excluding steroid dienone is 3. The van der Waals surface area contributed by atoms with Crippen molar-refractivity contribution in [1.29, 1.82) is 0 Å². The Morgan fingerprint density at radius 3 is 2.46 bits per heavy atom. The first kappa shape index (κ1) is 19.4. The Labute approximate surface area is 157 Å². The van der Waals surface area contributed by atoms with Crippen molar-refractivity contribution < 1.29 is 19.0 Å². The van der Waals surface area contributed by atoms with Crippen molar-refractivity contribution in [3.63, 3.8) is 0 Å². The summed E-state index contributed by atoms with van der Waals surface area (Å²) in [6.45, 7) is 14.0. The SMILES string of the molecule is C=C(C)/C1=C/C=C(\C)CC[C@@H]2O[C@@]2(C)CC[C@H]2O[C@]2(C)CC1OC(C)=O. The molecule has 0 radical (unpaired) electrons. The second-order valence-corrected chi connectivity index (χ2v) is 8.63. The van der Waals surface area contributed by atoms with E-state index in [-0.39, 0.29) is 29.4 Å². The number of carbonyl (C=O) groups excluding carboxylic acids is 1. The van der Waals surface area contributed by atoms with Gasteiger partial charge >= 0.3 is 5.97 Å². The predicted octanol–water partition coefficient (Wildman–Crippen LogP) is 4.65. The summed E-state index contributed by atoms with van der Waals surface area (Å²) in [6, 6.07) is 0. The lowest BCUT2D eigenvalue weighted by Gasteiger charge is -2.23. The molecular weight excluding hydrogens is 328 g/mol. The lowest BCUT2D eigenvalue weighted by atomic mass is 9.88. The highest BCUT2D eigenvalue weighted by Crippen LogP contribution is 2.49. The van der Waals surface area contributed by atoms with Crippen molar-refractivity contribution in [1.82, 2.24) is 0 Å². The molecule has 1 unspecified atom stereocenters. The summed E-state index contributed by atoms with van der Waals surface area (Å²) in [7, 11) is 0. The maximum absolute atomic E-state index is 11.7. The number of carbonyl (C=O) groups is 1. The fourth-order valence-corrected chi connectivity index (χ4v) is 4.11. The van der Waals surface area contributed by atoms with Gasteiger partial charge in [-0.2, -0.15) is 0 Å². The average Bonchev–Trinajstić information content (AvgIpc) is 3.37. The average molecular weight is 360 g/mol. The topological polar surface area (TPSA) is 51.4 Å². The fraction of sp³-hybridized carbons (Fsp3) is 0.682. The molecular formula is C22H32O4. The Morgan fingerprint density at radius 1 is 1.15 bits per heavy atom. The number of esters is 1. The summed E-state index contributed by atoms with van der Waals surface area (Å²) in [5.41, 5.74) is 2.95. The summed E-state index contributed by atoms with van der Waals surface area (Å²) in [5.74, 6) is -0.272. The molecule has 0 amide bonds. The monoisotopic (exact) mass is 360 g/mol. The molecule has 1 aliphatic carbocycles. The molecule has 0 spiro atoms. The Hall–Kier alpha value is -1.39. The van der Waals surface area contributed by atoms with E-state index < -0.39 is 0 Å². The minimum absolute atomic E-state index is 0.00521. The third kappa shape index (κ3) is 4.29. The van der Waals surface area contributed by atoms with Gasteiger partial charge in [0, 0.05) is 13.3 Å². The van der Waals surface area contributed by atoms with Gasteiger partial charge in [0.1, 0.15) is 6.10 Å². The molecule has 0 saturated carbocycles. The number of epoxide rings is 2. The third-order valence-electron chi connectivity index (χ3n) is 6.06. The number of hydrogen-bond acceptors (Lipinski definition) is 4. The van der Waals surface area contributed by atoms with Crippen LogP contribution in [0.25, 0.3) is 0 Å². The maximum Gasteiger partial charge on any atom is 0.303 e. The van der Waals surface area contributed by atoms with Gasteiger partial charge < -0.3 is 14.2 Å². The van der Waals surface area contributed by atoms with Crippen LogP contribution in [0.4, 0.5) is 0 Å². The van der Waals surface area contributed by atoms with Crippen LogP contribution in [0, 0.1) is 0 Å². The van der Waals surface area contributed by atoms with Crippen LogP contribution in [0.15, 0.2) is 35.5 Å². The first-order valence-electron chi connectivity index (χ1n) is 9.69. The highest BCUT2D eigenvalue weighted by molar-refractivity contribution is 5.66. The first-order valence-corrected chi connectivity index (χ1v) is 9.69. The van der Waals surface area contributed by atoms with Crippen LogP contribution >= 0.6 is 0 Å². The Kier molecular flexibility index (Phi) is 5.19. The second kappa shape index (κ2) is 6.97. The van der Waals surface area contributed by atoms with Crippen LogP contribution < -0.4 is 0 Å². The number of rotatable bonds is 2. The van der Waals surface area contributed by atoms with E-state index in [2.05, 4.69) is 39.5 Å². The van der Waals surface area contributed by atoms with Crippen LogP contribution in [0.5, 0.6) is 0 Å². The van der Waals surface area contributed by atoms with Crippen LogP contribution in [-0.4, -0.2) is 35.5 Å². The molecule has 0 aromatic rings. The molecule has 5 atom stereocenters. The van der Waals surface area contributed by atoms with Crippen molar-refractivity contribution in [2.75, 3.05) is 0 Å². The molecule has 3 rings (SSSR count). The predicted molar refractivity (Wildman–Crippen MR) is 102 cm³/mol. The number of ether oxygens (including phenoxy) is 3. The smallest absolute Gasteiger partial charge is 0.303 e. The van der Waals surface area contributed by atoms with Crippen LogP contribution in [-0.2, 0) is 19.0 Å². The van der Waals surface area contributed by atoms with E-state index in [0.717, 1.165) is 36.8 Å². The van der Waals surface area contributed by atoms with Gasteiger partial charge in [0.25, 0.3) is 0 Å². The molecule has 4 heteroatoms. The fourth-order valence-electron chi connectivity index (χ4n) is 4.11. The van der Waals surface area contributed by atoms with Gasteiger partial charge in [-0.1, -0.05) is 29.9 Å².